The van der Waals surface area contributed by atoms with E-state index in [4.69, 9.17) is 11.6 Å². The van der Waals surface area contributed by atoms with Crippen LogP contribution >= 0.6 is 11.6 Å². The molecule has 1 atom stereocenters. The van der Waals surface area contributed by atoms with Crippen molar-refractivity contribution in [3.63, 3.8) is 0 Å². The first kappa shape index (κ1) is 24.4. The fourth-order valence-electron chi connectivity index (χ4n) is 3.81. The molecule has 174 valence electrons. The van der Waals surface area contributed by atoms with Gasteiger partial charge < -0.3 is 5.32 Å². The molecule has 0 saturated carbocycles. The lowest BCUT2D eigenvalue weighted by atomic mass is 9.99. The minimum absolute atomic E-state index is 0.00360. The van der Waals surface area contributed by atoms with Gasteiger partial charge in [0.15, 0.2) is 0 Å². The predicted octanol–water partition coefficient (Wildman–Crippen LogP) is 2.82. The van der Waals surface area contributed by atoms with Crippen LogP contribution in [0.25, 0.3) is 10.9 Å². The van der Waals surface area contributed by atoms with E-state index in [1.165, 1.54) is 10.8 Å². The monoisotopic (exact) mass is 470 g/mol. The molecule has 2 heterocycles. The molecule has 0 aliphatic rings. The number of benzene rings is 1. The van der Waals surface area contributed by atoms with Crippen LogP contribution in [-0.2, 0) is 24.3 Å². The number of rotatable bonds is 9. The second kappa shape index (κ2) is 10.6. The number of hydrogen-bond acceptors (Lipinski definition) is 5. The van der Waals surface area contributed by atoms with Gasteiger partial charge in [-0.15, -0.1) is 0 Å². The van der Waals surface area contributed by atoms with Crippen molar-refractivity contribution < 1.29 is 9.59 Å². The number of carbonyl (C=O) groups is 2. The number of hydrogen-bond donors (Lipinski definition) is 1. The molecule has 0 spiro atoms. The zero-order valence-corrected chi connectivity index (χ0v) is 19.7. The molecule has 1 amide bonds. The number of carbonyl (C=O) groups excluding carboxylic acids is 2. The van der Waals surface area contributed by atoms with Gasteiger partial charge in [0.1, 0.15) is 10.9 Å². The van der Waals surface area contributed by atoms with Crippen molar-refractivity contribution in [3.05, 3.63) is 73.6 Å². The summed E-state index contributed by atoms with van der Waals surface area (Å²) in [4.78, 5) is 54.0. The number of pyridine rings is 1. The van der Waals surface area contributed by atoms with E-state index in [1.807, 2.05) is 13.8 Å². The van der Waals surface area contributed by atoms with E-state index in [0.717, 1.165) is 5.56 Å². The first-order valence-corrected chi connectivity index (χ1v) is 11.3. The number of aryl methyl sites for hydroxylation is 1. The fourth-order valence-corrected chi connectivity index (χ4v) is 3.92. The zero-order chi connectivity index (χ0) is 24.1. The molecule has 0 radical (unpaired) electrons. The van der Waals surface area contributed by atoms with Crippen LogP contribution in [0.4, 0.5) is 0 Å². The quantitative estimate of drug-likeness (QED) is 0.484. The highest BCUT2D eigenvalue weighted by molar-refractivity contribution is 6.29. The molecule has 33 heavy (non-hydrogen) atoms. The molecule has 0 fully saturated rings. The van der Waals surface area contributed by atoms with E-state index in [9.17, 15) is 19.2 Å². The summed E-state index contributed by atoms with van der Waals surface area (Å²) in [7, 11) is 0. The Morgan fingerprint density at radius 1 is 1.09 bits per heavy atom. The Morgan fingerprint density at radius 2 is 1.82 bits per heavy atom. The van der Waals surface area contributed by atoms with Gasteiger partial charge in [-0.1, -0.05) is 24.6 Å². The van der Waals surface area contributed by atoms with Gasteiger partial charge in [0.2, 0.25) is 0 Å². The molecule has 9 heteroatoms. The number of aromatic nitrogens is 3. The normalized spacial score (nSPS) is 12.0. The summed E-state index contributed by atoms with van der Waals surface area (Å²) in [5, 5.41) is 3.54. The van der Waals surface area contributed by atoms with Crippen molar-refractivity contribution in [3.8, 4) is 0 Å². The molecule has 0 aliphatic heterocycles. The van der Waals surface area contributed by atoms with Crippen LogP contribution in [0.1, 0.15) is 43.1 Å². The largest absolute Gasteiger partial charge is 0.352 e. The van der Waals surface area contributed by atoms with Gasteiger partial charge in [-0.05, 0) is 49.6 Å². The van der Waals surface area contributed by atoms with Gasteiger partial charge in [0.05, 0.1) is 16.5 Å². The lowest BCUT2D eigenvalue weighted by Gasteiger charge is -2.14. The summed E-state index contributed by atoms with van der Waals surface area (Å²) in [5.41, 5.74) is 1.02. The number of nitrogens with zero attached hydrogens (tertiary/aromatic N) is 3. The Balaban J connectivity index is 1.66. The third kappa shape index (κ3) is 5.57. The van der Waals surface area contributed by atoms with Crippen molar-refractivity contribution in [2.75, 3.05) is 6.54 Å². The van der Waals surface area contributed by atoms with Crippen molar-refractivity contribution >= 4 is 34.2 Å². The first-order valence-electron chi connectivity index (χ1n) is 10.9. The zero-order valence-electron chi connectivity index (χ0n) is 18.9. The summed E-state index contributed by atoms with van der Waals surface area (Å²) < 4.78 is 2.77. The van der Waals surface area contributed by atoms with E-state index < -0.39 is 0 Å². The smallest absolute Gasteiger partial charge is 0.331 e. The summed E-state index contributed by atoms with van der Waals surface area (Å²) >= 11 is 5.73. The second-order valence-electron chi connectivity index (χ2n) is 8.03. The summed E-state index contributed by atoms with van der Waals surface area (Å²) in [5.74, 6) is -0.337. The maximum absolute atomic E-state index is 12.8. The minimum atomic E-state index is -0.343. The van der Waals surface area contributed by atoms with E-state index in [2.05, 4.69) is 10.3 Å². The van der Waals surface area contributed by atoms with Gasteiger partial charge in [-0.3, -0.25) is 23.5 Å². The molecule has 1 aromatic carbocycles. The van der Waals surface area contributed by atoms with Crippen LogP contribution in [0.3, 0.4) is 0 Å². The number of halogens is 1. The summed E-state index contributed by atoms with van der Waals surface area (Å²) in [6.45, 7) is 6.57. The van der Waals surface area contributed by atoms with Gasteiger partial charge in [0.25, 0.3) is 11.5 Å². The number of ketones is 1. The molecule has 1 unspecified atom stereocenters. The van der Waals surface area contributed by atoms with Crippen LogP contribution in [0.2, 0.25) is 5.15 Å². The highest BCUT2D eigenvalue weighted by Gasteiger charge is 2.15. The standard InChI is InChI=1S/C24H27ClN4O4/c1-4-28-20-8-6-16(12-19(20)23(32)29(5-2)24(28)33)11-18(30)10-15(3)13-27-22(31)17-7-9-21(25)26-14-17/h6-9,12,14-15H,4-5,10-11,13H2,1-3H3,(H,27,31). The summed E-state index contributed by atoms with van der Waals surface area (Å²) in [6.07, 6.45) is 1.86. The molecule has 0 bridgehead atoms. The molecule has 2 aromatic heterocycles. The van der Waals surface area contributed by atoms with Crippen molar-refractivity contribution in [1.29, 1.82) is 0 Å². The Bertz CT molecular complexity index is 1290. The molecule has 0 saturated heterocycles. The van der Waals surface area contributed by atoms with Crippen LogP contribution < -0.4 is 16.6 Å². The van der Waals surface area contributed by atoms with Crippen LogP contribution in [0.15, 0.2) is 46.1 Å². The van der Waals surface area contributed by atoms with Gasteiger partial charge in [-0.25, -0.2) is 9.78 Å². The molecule has 0 aliphatic carbocycles. The molecule has 1 N–H and O–H groups in total. The average molecular weight is 471 g/mol. The SMILES string of the molecule is CCn1c(=O)c2cc(CC(=O)CC(C)CNC(=O)c3ccc(Cl)nc3)ccc2n(CC)c1=O. The van der Waals surface area contributed by atoms with Crippen molar-refractivity contribution in [1.82, 2.24) is 19.4 Å². The van der Waals surface area contributed by atoms with Crippen molar-refractivity contribution in [2.45, 2.75) is 46.7 Å². The first-order chi connectivity index (χ1) is 15.7. The Morgan fingerprint density at radius 3 is 2.45 bits per heavy atom. The number of amides is 1. The van der Waals surface area contributed by atoms with Gasteiger partial charge in [-0.2, -0.15) is 0 Å². The fraction of sp³-hybridized carbons (Fsp3) is 0.375. The highest BCUT2D eigenvalue weighted by Crippen LogP contribution is 2.14. The van der Waals surface area contributed by atoms with Crippen LogP contribution in [-0.4, -0.2) is 32.4 Å². The van der Waals surface area contributed by atoms with Crippen LogP contribution in [0, 0.1) is 5.92 Å². The third-order valence-corrected chi connectivity index (χ3v) is 5.72. The molecule has 3 rings (SSSR count). The lowest BCUT2D eigenvalue weighted by Crippen LogP contribution is -2.39. The maximum Gasteiger partial charge on any atom is 0.331 e. The molecular formula is C24H27ClN4O4. The number of Topliss-reactive ketones (excluding diaryl/α,β-unsaturated/α-hetero) is 1. The topological polar surface area (TPSA) is 103 Å². The molecule has 8 nitrogen and oxygen atoms in total. The van der Waals surface area contributed by atoms with E-state index in [0.29, 0.717) is 34.7 Å². The van der Waals surface area contributed by atoms with Gasteiger partial charge in [0, 0.05) is 38.7 Å². The molecule has 3 aromatic rings. The van der Waals surface area contributed by atoms with Gasteiger partial charge >= 0.3 is 5.69 Å². The minimum Gasteiger partial charge on any atom is -0.352 e. The second-order valence-corrected chi connectivity index (χ2v) is 8.42. The number of fused-ring (bicyclic) bond motifs is 1. The maximum atomic E-state index is 12.8. The molecular weight excluding hydrogens is 444 g/mol. The summed E-state index contributed by atoms with van der Waals surface area (Å²) in [6, 6.07) is 8.34. The van der Waals surface area contributed by atoms with E-state index in [1.54, 1.807) is 41.8 Å². The van der Waals surface area contributed by atoms with E-state index >= 15 is 0 Å². The Hall–Kier alpha value is -3.26. The number of nitrogens with one attached hydrogen (secondary N) is 1. The highest BCUT2D eigenvalue weighted by atomic mass is 35.5. The Labute approximate surface area is 196 Å². The van der Waals surface area contributed by atoms with Crippen molar-refractivity contribution in [2.24, 2.45) is 5.92 Å². The predicted molar refractivity (Wildman–Crippen MR) is 128 cm³/mol. The lowest BCUT2D eigenvalue weighted by molar-refractivity contribution is -0.119. The average Bonchev–Trinajstić information content (AvgIpc) is 2.79. The third-order valence-electron chi connectivity index (χ3n) is 5.50. The van der Waals surface area contributed by atoms with E-state index in [-0.39, 0.29) is 48.2 Å². The Kier molecular flexibility index (Phi) is 7.81. The van der Waals surface area contributed by atoms with Crippen LogP contribution in [0.5, 0.6) is 0 Å².